The minimum atomic E-state index is -0.432. The summed E-state index contributed by atoms with van der Waals surface area (Å²) >= 11 is 3.42. The molecule has 0 aliphatic rings. The van der Waals surface area contributed by atoms with Gasteiger partial charge >= 0.3 is 0 Å². The van der Waals surface area contributed by atoms with Crippen molar-refractivity contribution in [3.8, 4) is 17.2 Å². The van der Waals surface area contributed by atoms with Gasteiger partial charge in [-0.05, 0) is 54.1 Å². The van der Waals surface area contributed by atoms with Gasteiger partial charge in [0, 0.05) is 21.3 Å². The molecule has 0 heterocycles. The molecule has 2 N–H and O–H groups in total. The van der Waals surface area contributed by atoms with Gasteiger partial charge in [-0.25, -0.2) is 5.43 Å². The van der Waals surface area contributed by atoms with E-state index in [2.05, 4.69) is 31.8 Å². The Morgan fingerprint density at radius 1 is 0.846 bits per heavy atom. The second-order valence-corrected chi connectivity index (χ2v) is 9.14. The van der Waals surface area contributed by atoms with Crippen LogP contribution < -0.4 is 25.0 Å². The zero-order valence-electron chi connectivity index (χ0n) is 21.1. The van der Waals surface area contributed by atoms with E-state index in [-0.39, 0.29) is 12.5 Å². The van der Waals surface area contributed by atoms with Gasteiger partial charge in [0.25, 0.3) is 11.8 Å². The third-order valence-electron chi connectivity index (χ3n) is 5.42. The Labute approximate surface area is 234 Å². The largest absolute Gasteiger partial charge is 0.493 e. The summed E-state index contributed by atoms with van der Waals surface area (Å²) in [6.07, 6.45) is 1.45. The van der Waals surface area contributed by atoms with Crippen molar-refractivity contribution in [1.82, 2.24) is 5.43 Å². The van der Waals surface area contributed by atoms with Gasteiger partial charge in [-0.1, -0.05) is 64.5 Å². The Bertz CT molecular complexity index is 1450. The number of anilines is 1. The van der Waals surface area contributed by atoms with Gasteiger partial charge in [0.15, 0.2) is 18.1 Å². The molecule has 0 aliphatic carbocycles. The lowest BCUT2D eigenvalue weighted by atomic mass is 10.2. The lowest BCUT2D eigenvalue weighted by molar-refractivity contribution is -0.118. The Morgan fingerprint density at radius 2 is 1.56 bits per heavy atom. The van der Waals surface area contributed by atoms with Crippen molar-refractivity contribution in [3.63, 3.8) is 0 Å². The second kappa shape index (κ2) is 13.8. The summed E-state index contributed by atoms with van der Waals surface area (Å²) in [4.78, 5) is 25.0. The van der Waals surface area contributed by atoms with E-state index in [1.54, 1.807) is 48.5 Å². The van der Waals surface area contributed by atoms with Gasteiger partial charge < -0.3 is 19.5 Å². The normalized spacial score (nSPS) is 10.6. The van der Waals surface area contributed by atoms with Crippen LogP contribution in [0.1, 0.15) is 21.5 Å². The van der Waals surface area contributed by atoms with E-state index in [4.69, 9.17) is 14.2 Å². The van der Waals surface area contributed by atoms with Crippen LogP contribution in [-0.4, -0.2) is 31.7 Å². The fourth-order valence-corrected chi connectivity index (χ4v) is 3.88. The number of halogens is 1. The molecule has 0 aromatic heterocycles. The molecule has 39 heavy (non-hydrogen) atoms. The molecule has 0 atom stereocenters. The molecule has 0 fully saturated rings. The first-order valence-corrected chi connectivity index (χ1v) is 12.8. The first kappa shape index (κ1) is 27.4. The van der Waals surface area contributed by atoms with E-state index in [1.807, 2.05) is 48.5 Å². The maximum atomic E-state index is 12.7. The van der Waals surface area contributed by atoms with E-state index < -0.39 is 5.91 Å². The van der Waals surface area contributed by atoms with Crippen molar-refractivity contribution in [1.29, 1.82) is 0 Å². The molecular weight excluding hydrogens is 562 g/mol. The zero-order chi connectivity index (χ0) is 27.5. The number of nitrogens with one attached hydrogen (secondary N) is 2. The molecule has 0 aliphatic heterocycles. The first-order valence-electron chi connectivity index (χ1n) is 12.0. The van der Waals surface area contributed by atoms with E-state index in [9.17, 15) is 9.59 Å². The molecule has 0 bridgehead atoms. The topological polar surface area (TPSA) is 98.3 Å². The summed E-state index contributed by atoms with van der Waals surface area (Å²) in [7, 11) is 1.51. The number of rotatable bonds is 11. The van der Waals surface area contributed by atoms with Crippen LogP contribution in [0.15, 0.2) is 107 Å². The maximum absolute atomic E-state index is 12.7. The number of hydrogen-bond acceptors (Lipinski definition) is 6. The predicted octanol–water partition coefficient (Wildman–Crippen LogP) is 5.82. The van der Waals surface area contributed by atoms with Gasteiger partial charge in [0.05, 0.1) is 13.3 Å². The van der Waals surface area contributed by atoms with Crippen molar-refractivity contribution < 1.29 is 23.8 Å². The number of nitrogens with zero attached hydrogens (tertiary/aromatic N) is 1. The number of ether oxygens (including phenoxy) is 3. The average Bonchev–Trinajstić information content (AvgIpc) is 2.96. The fourth-order valence-electron chi connectivity index (χ4n) is 3.50. The summed E-state index contributed by atoms with van der Waals surface area (Å²) in [5.41, 5.74) is 5.12. The molecule has 4 rings (SSSR count). The van der Waals surface area contributed by atoms with E-state index >= 15 is 0 Å². The lowest BCUT2D eigenvalue weighted by Crippen LogP contribution is -2.20. The molecule has 2 amide bonds. The van der Waals surface area contributed by atoms with Crippen LogP contribution >= 0.6 is 15.9 Å². The standard InChI is InChI=1S/C30H26BrN3O5/c1-37-28-17-22(12-14-27(28)38-19-21-8-4-2-5-9-21)30(36)34-32-18-23-16-24(31)13-15-26(23)39-20-29(35)33-25-10-6-3-7-11-25/h2-18H,19-20H2,1H3,(H,33,35)(H,34,36)/b32-18+. The summed E-state index contributed by atoms with van der Waals surface area (Å²) in [5.74, 6) is 0.651. The molecule has 0 saturated heterocycles. The Balaban J connectivity index is 1.36. The van der Waals surface area contributed by atoms with Crippen LogP contribution in [0.4, 0.5) is 5.69 Å². The van der Waals surface area contributed by atoms with Gasteiger partial charge in [0.1, 0.15) is 12.4 Å². The highest BCUT2D eigenvalue weighted by Crippen LogP contribution is 2.29. The summed E-state index contributed by atoms with van der Waals surface area (Å²) in [5, 5.41) is 6.84. The molecule has 4 aromatic carbocycles. The van der Waals surface area contributed by atoms with Crippen molar-refractivity contribution in [2.75, 3.05) is 19.0 Å². The quantitative estimate of drug-likeness (QED) is 0.170. The van der Waals surface area contributed by atoms with Crippen LogP contribution in [0.5, 0.6) is 17.2 Å². The highest BCUT2D eigenvalue weighted by atomic mass is 79.9. The number of carbonyl (C=O) groups is 2. The molecule has 9 heteroatoms. The van der Waals surface area contributed by atoms with Crippen LogP contribution in [-0.2, 0) is 11.4 Å². The summed E-state index contributed by atoms with van der Waals surface area (Å²) in [6, 6.07) is 29.0. The number of amides is 2. The Kier molecular flexibility index (Phi) is 9.68. The average molecular weight is 588 g/mol. The van der Waals surface area contributed by atoms with E-state index in [0.29, 0.717) is 40.7 Å². The van der Waals surface area contributed by atoms with E-state index in [0.717, 1.165) is 10.0 Å². The smallest absolute Gasteiger partial charge is 0.271 e. The SMILES string of the molecule is COc1cc(C(=O)N/N=C/c2cc(Br)ccc2OCC(=O)Nc2ccccc2)ccc1OCc1ccccc1. The lowest BCUT2D eigenvalue weighted by Gasteiger charge is -2.12. The molecule has 0 radical (unpaired) electrons. The third kappa shape index (κ3) is 8.18. The van der Waals surface area contributed by atoms with E-state index in [1.165, 1.54) is 13.3 Å². The number of hydrogen-bond donors (Lipinski definition) is 2. The minimum absolute atomic E-state index is 0.192. The molecular formula is C30H26BrN3O5. The van der Waals surface area contributed by atoms with Crippen LogP contribution in [0.25, 0.3) is 0 Å². The molecule has 198 valence electrons. The molecule has 0 unspecified atom stereocenters. The van der Waals surface area contributed by atoms with Crippen molar-refractivity contribution in [3.05, 3.63) is 118 Å². The third-order valence-corrected chi connectivity index (χ3v) is 5.91. The summed E-state index contributed by atoms with van der Waals surface area (Å²) < 4.78 is 17.7. The Hall–Kier alpha value is -4.63. The molecule has 8 nitrogen and oxygen atoms in total. The first-order chi connectivity index (χ1) is 19.0. The maximum Gasteiger partial charge on any atom is 0.271 e. The Morgan fingerprint density at radius 3 is 2.31 bits per heavy atom. The molecule has 0 saturated carbocycles. The fraction of sp³-hybridized carbons (Fsp3) is 0.100. The predicted molar refractivity (Wildman–Crippen MR) is 154 cm³/mol. The number of benzene rings is 4. The minimum Gasteiger partial charge on any atom is -0.493 e. The number of hydrazone groups is 1. The number of para-hydroxylation sites is 1. The number of carbonyl (C=O) groups excluding carboxylic acids is 2. The van der Waals surface area contributed by atoms with Gasteiger partial charge in [-0.3, -0.25) is 9.59 Å². The van der Waals surface area contributed by atoms with Gasteiger partial charge in [-0.15, -0.1) is 0 Å². The second-order valence-electron chi connectivity index (χ2n) is 8.22. The van der Waals surface area contributed by atoms with Crippen LogP contribution in [0.3, 0.4) is 0 Å². The summed E-state index contributed by atoms with van der Waals surface area (Å²) in [6.45, 7) is 0.181. The van der Waals surface area contributed by atoms with Gasteiger partial charge in [-0.2, -0.15) is 5.10 Å². The zero-order valence-corrected chi connectivity index (χ0v) is 22.7. The van der Waals surface area contributed by atoms with Crippen molar-refractivity contribution in [2.24, 2.45) is 5.10 Å². The van der Waals surface area contributed by atoms with Crippen molar-refractivity contribution in [2.45, 2.75) is 6.61 Å². The monoisotopic (exact) mass is 587 g/mol. The van der Waals surface area contributed by atoms with Crippen LogP contribution in [0.2, 0.25) is 0 Å². The highest BCUT2D eigenvalue weighted by Gasteiger charge is 2.12. The number of methoxy groups -OCH3 is 1. The highest BCUT2D eigenvalue weighted by molar-refractivity contribution is 9.10. The molecule has 0 spiro atoms. The molecule has 4 aromatic rings. The van der Waals surface area contributed by atoms with Crippen molar-refractivity contribution >= 4 is 39.6 Å². The van der Waals surface area contributed by atoms with Gasteiger partial charge in [0.2, 0.25) is 0 Å². The van der Waals surface area contributed by atoms with Crippen LogP contribution in [0, 0.1) is 0 Å².